The van der Waals surface area contributed by atoms with Crippen LogP contribution in [0.2, 0.25) is 0 Å². The van der Waals surface area contributed by atoms with Crippen molar-refractivity contribution >= 4 is 5.96 Å². The first-order valence-corrected chi connectivity index (χ1v) is 9.22. The molecule has 1 saturated heterocycles. The van der Waals surface area contributed by atoms with E-state index >= 15 is 0 Å². The fourth-order valence-corrected chi connectivity index (χ4v) is 3.19. The second-order valence-electron chi connectivity index (χ2n) is 6.79. The molecule has 2 N–H and O–H groups in total. The minimum atomic E-state index is -0.512. The van der Waals surface area contributed by atoms with Crippen LogP contribution >= 0.6 is 0 Å². The minimum absolute atomic E-state index is 0.101. The summed E-state index contributed by atoms with van der Waals surface area (Å²) in [4.78, 5) is 6.64. The molecule has 1 fully saturated rings. The van der Waals surface area contributed by atoms with Crippen molar-refractivity contribution in [2.75, 3.05) is 46.4 Å². The molecule has 0 radical (unpaired) electrons. The Morgan fingerprint density at radius 3 is 2.42 bits per heavy atom. The molecule has 0 amide bonds. The molecule has 1 aromatic carbocycles. The molecule has 0 spiro atoms. The quantitative estimate of drug-likeness (QED) is 0.571. The first kappa shape index (κ1) is 20.6. The highest BCUT2D eigenvalue weighted by Crippen LogP contribution is 2.13. The minimum Gasteiger partial charge on any atom is -0.379 e. The Hall–Kier alpha value is -1.73. The van der Waals surface area contributed by atoms with Gasteiger partial charge in [0.15, 0.2) is 5.96 Å². The van der Waals surface area contributed by atoms with E-state index in [4.69, 9.17) is 4.74 Å². The summed E-state index contributed by atoms with van der Waals surface area (Å²) in [5.74, 6) is 0.107. The van der Waals surface area contributed by atoms with E-state index in [-0.39, 0.29) is 12.0 Å². The van der Waals surface area contributed by atoms with Crippen LogP contribution in [0.1, 0.15) is 19.4 Å². The zero-order valence-electron chi connectivity index (χ0n) is 15.9. The molecule has 7 heteroatoms. The largest absolute Gasteiger partial charge is 0.379 e. The predicted molar refractivity (Wildman–Crippen MR) is 100 cm³/mol. The van der Waals surface area contributed by atoms with E-state index in [2.05, 4.69) is 34.4 Å². The van der Waals surface area contributed by atoms with Crippen molar-refractivity contribution in [1.29, 1.82) is 0 Å². The average Bonchev–Trinajstić information content (AvgIpc) is 2.63. The van der Waals surface area contributed by atoms with Crippen LogP contribution in [-0.4, -0.2) is 63.3 Å². The Bertz CT molecular complexity index is 569. The van der Waals surface area contributed by atoms with E-state index in [1.54, 1.807) is 7.05 Å². The van der Waals surface area contributed by atoms with E-state index in [9.17, 15) is 8.78 Å². The van der Waals surface area contributed by atoms with Crippen molar-refractivity contribution in [2.45, 2.75) is 26.3 Å². The van der Waals surface area contributed by atoms with Gasteiger partial charge in [-0.15, -0.1) is 0 Å². The molecule has 5 nitrogen and oxygen atoms in total. The molecule has 2 rings (SSSR count). The maximum absolute atomic E-state index is 13.7. The van der Waals surface area contributed by atoms with Crippen molar-refractivity contribution in [3.8, 4) is 0 Å². The van der Waals surface area contributed by atoms with Gasteiger partial charge in [-0.25, -0.2) is 8.78 Å². The summed E-state index contributed by atoms with van der Waals surface area (Å²) < 4.78 is 32.8. The molecule has 0 aromatic heterocycles. The third-order valence-electron chi connectivity index (χ3n) is 4.72. The topological polar surface area (TPSA) is 48.9 Å². The maximum atomic E-state index is 13.7. The highest BCUT2D eigenvalue weighted by atomic mass is 19.1. The highest BCUT2D eigenvalue weighted by Gasteiger charge is 2.23. The SMILES string of the molecule is CN=C(NCCc1c(F)cccc1F)NCC(C(C)C)N1CCOCC1. The van der Waals surface area contributed by atoms with Gasteiger partial charge in [-0.05, 0) is 24.5 Å². The first-order valence-electron chi connectivity index (χ1n) is 9.22. The predicted octanol–water partition coefficient (Wildman–Crippen LogP) is 2.03. The van der Waals surface area contributed by atoms with Gasteiger partial charge in [0.2, 0.25) is 0 Å². The molecular formula is C19H30F2N4O. The lowest BCUT2D eigenvalue weighted by molar-refractivity contribution is 0.00752. The van der Waals surface area contributed by atoms with Crippen LogP contribution in [0.3, 0.4) is 0 Å². The molecule has 1 heterocycles. The zero-order valence-corrected chi connectivity index (χ0v) is 15.9. The monoisotopic (exact) mass is 368 g/mol. The molecule has 0 saturated carbocycles. The van der Waals surface area contributed by atoms with Crippen molar-refractivity contribution in [2.24, 2.45) is 10.9 Å². The molecule has 0 aliphatic carbocycles. The lowest BCUT2D eigenvalue weighted by Gasteiger charge is -2.37. The number of guanidine groups is 1. The van der Waals surface area contributed by atoms with Crippen LogP contribution in [0, 0.1) is 17.6 Å². The van der Waals surface area contributed by atoms with Gasteiger partial charge in [-0.2, -0.15) is 0 Å². The van der Waals surface area contributed by atoms with E-state index in [0.29, 0.717) is 24.5 Å². The number of nitrogens with zero attached hydrogens (tertiary/aromatic N) is 2. The fourth-order valence-electron chi connectivity index (χ4n) is 3.19. The summed E-state index contributed by atoms with van der Waals surface area (Å²) in [5.41, 5.74) is 0.101. The summed E-state index contributed by atoms with van der Waals surface area (Å²) in [6.07, 6.45) is 0.260. The van der Waals surface area contributed by atoms with Crippen molar-refractivity contribution in [1.82, 2.24) is 15.5 Å². The summed E-state index contributed by atoms with van der Waals surface area (Å²) in [5, 5.41) is 6.46. The lowest BCUT2D eigenvalue weighted by atomic mass is 10.0. The van der Waals surface area contributed by atoms with E-state index < -0.39 is 11.6 Å². The van der Waals surface area contributed by atoms with Gasteiger partial charge in [-0.1, -0.05) is 19.9 Å². The molecule has 1 aliphatic rings. The van der Waals surface area contributed by atoms with Crippen LogP contribution in [0.25, 0.3) is 0 Å². The molecule has 1 aliphatic heterocycles. The van der Waals surface area contributed by atoms with Gasteiger partial charge in [0.05, 0.1) is 13.2 Å². The molecule has 1 unspecified atom stereocenters. The number of morpholine rings is 1. The average molecular weight is 368 g/mol. The Balaban J connectivity index is 1.82. The van der Waals surface area contributed by atoms with Crippen molar-refractivity contribution in [3.63, 3.8) is 0 Å². The Morgan fingerprint density at radius 1 is 1.19 bits per heavy atom. The van der Waals surface area contributed by atoms with Crippen LogP contribution < -0.4 is 10.6 Å². The highest BCUT2D eigenvalue weighted by molar-refractivity contribution is 5.79. The van der Waals surface area contributed by atoms with E-state index in [0.717, 1.165) is 32.8 Å². The van der Waals surface area contributed by atoms with Crippen LogP contribution in [0.5, 0.6) is 0 Å². The third-order valence-corrected chi connectivity index (χ3v) is 4.72. The fraction of sp³-hybridized carbons (Fsp3) is 0.632. The van der Waals surface area contributed by atoms with Gasteiger partial charge in [0.25, 0.3) is 0 Å². The number of nitrogens with one attached hydrogen (secondary N) is 2. The number of aliphatic imine (C=N–C) groups is 1. The maximum Gasteiger partial charge on any atom is 0.191 e. The van der Waals surface area contributed by atoms with Crippen molar-refractivity contribution in [3.05, 3.63) is 35.4 Å². The Morgan fingerprint density at radius 2 is 1.85 bits per heavy atom. The molecular weight excluding hydrogens is 338 g/mol. The summed E-state index contributed by atoms with van der Waals surface area (Å²) in [6, 6.07) is 4.31. The number of benzene rings is 1. The number of rotatable bonds is 7. The number of hydrogen-bond acceptors (Lipinski definition) is 3. The Kier molecular flexibility index (Phi) is 8.25. The summed E-state index contributed by atoms with van der Waals surface area (Å²) in [6.45, 7) is 8.98. The number of hydrogen-bond donors (Lipinski definition) is 2. The summed E-state index contributed by atoms with van der Waals surface area (Å²) >= 11 is 0. The molecule has 0 bridgehead atoms. The zero-order chi connectivity index (χ0) is 18.9. The van der Waals surface area contributed by atoms with Gasteiger partial charge >= 0.3 is 0 Å². The van der Waals surface area contributed by atoms with Crippen LogP contribution in [-0.2, 0) is 11.2 Å². The second kappa shape index (κ2) is 10.4. The smallest absolute Gasteiger partial charge is 0.191 e. The van der Waals surface area contributed by atoms with Gasteiger partial charge < -0.3 is 15.4 Å². The lowest BCUT2D eigenvalue weighted by Crippen LogP contribution is -2.52. The standard InChI is InChI=1S/C19H30F2N4O/c1-14(2)18(25-9-11-26-12-10-25)13-24-19(22-3)23-8-7-15-16(20)5-4-6-17(15)21/h4-6,14,18H,7-13H2,1-3H3,(H2,22,23,24). The van der Waals surface area contributed by atoms with E-state index in [1.807, 2.05) is 0 Å². The number of ether oxygens (including phenoxy) is 1. The van der Waals surface area contributed by atoms with Gasteiger partial charge in [0, 0.05) is 44.8 Å². The van der Waals surface area contributed by atoms with E-state index in [1.165, 1.54) is 18.2 Å². The van der Waals surface area contributed by atoms with Crippen LogP contribution in [0.15, 0.2) is 23.2 Å². The number of halogens is 2. The third kappa shape index (κ3) is 5.92. The normalized spacial score (nSPS) is 17.4. The van der Waals surface area contributed by atoms with Crippen molar-refractivity contribution < 1.29 is 13.5 Å². The van der Waals surface area contributed by atoms with Gasteiger partial charge in [-0.3, -0.25) is 9.89 Å². The Labute approximate surface area is 154 Å². The van der Waals surface area contributed by atoms with Gasteiger partial charge in [0.1, 0.15) is 11.6 Å². The second-order valence-corrected chi connectivity index (χ2v) is 6.79. The first-order chi connectivity index (χ1) is 12.5. The molecule has 1 aromatic rings. The van der Waals surface area contributed by atoms with Crippen LogP contribution in [0.4, 0.5) is 8.78 Å². The molecule has 146 valence electrons. The molecule has 26 heavy (non-hydrogen) atoms. The summed E-state index contributed by atoms with van der Waals surface area (Å²) in [7, 11) is 1.69. The molecule has 1 atom stereocenters.